The summed E-state index contributed by atoms with van der Waals surface area (Å²) in [6.07, 6.45) is 5.83. The first-order valence-electron chi connectivity index (χ1n) is 23.5. The number of hydrogen-bond donors (Lipinski definition) is 0. The van der Waals surface area contributed by atoms with E-state index >= 15 is 0 Å². The Kier molecular flexibility index (Phi) is 10.8. The van der Waals surface area contributed by atoms with E-state index < -0.39 is 8.07 Å². The van der Waals surface area contributed by atoms with E-state index in [2.05, 4.69) is 256 Å². The number of ether oxygens (including phenoxy) is 1. The summed E-state index contributed by atoms with van der Waals surface area (Å²) in [5.74, 6) is 2.05. The van der Waals surface area contributed by atoms with Crippen LogP contribution >= 0.6 is 0 Å². The Bertz CT molecular complexity index is 3710. The predicted molar refractivity (Wildman–Crippen MR) is 280 cm³/mol. The van der Waals surface area contributed by atoms with E-state index in [1.807, 2.05) is 12.3 Å². The van der Waals surface area contributed by atoms with Crippen molar-refractivity contribution in [3.63, 3.8) is 0 Å². The molecule has 0 unspecified atom stereocenters. The van der Waals surface area contributed by atoms with Crippen molar-refractivity contribution in [2.24, 2.45) is 0 Å². The average molecular weight is 1090 g/mol. The summed E-state index contributed by atoms with van der Waals surface area (Å²) >= 11 is 0. The third-order valence-electron chi connectivity index (χ3n) is 13.8. The zero-order valence-corrected chi connectivity index (χ0v) is 42.8. The van der Waals surface area contributed by atoms with Gasteiger partial charge >= 0.3 is 0 Å². The van der Waals surface area contributed by atoms with Gasteiger partial charge in [0.1, 0.15) is 5.82 Å². The van der Waals surface area contributed by atoms with Crippen molar-refractivity contribution in [3.05, 3.63) is 224 Å². The van der Waals surface area contributed by atoms with Crippen molar-refractivity contribution in [2.75, 3.05) is 0 Å². The third-order valence-corrected chi connectivity index (χ3v) is 18.7. The summed E-state index contributed by atoms with van der Waals surface area (Å²) in [6, 6.07) is 75.6. The van der Waals surface area contributed by atoms with Crippen LogP contribution in [0.2, 0.25) is 0 Å². The minimum Gasteiger partial charge on any atom is -0.510 e. The van der Waals surface area contributed by atoms with Crippen LogP contribution in [0.3, 0.4) is 0 Å². The summed E-state index contributed by atoms with van der Waals surface area (Å²) in [5.41, 5.74) is 10.7. The number of pyridine rings is 1. The summed E-state index contributed by atoms with van der Waals surface area (Å²) in [4.78, 5) is 4.90. The van der Waals surface area contributed by atoms with Gasteiger partial charge in [-0.25, -0.2) is 4.98 Å². The van der Waals surface area contributed by atoms with Gasteiger partial charge in [-0.2, -0.15) is 17.7 Å². The molecule has 0 saturated carbocycles. The number of rotatable bonds is 7. The van der Waals surface area contributed by atoms with Crippen molar-refractivity contribution in [1.82, 2.24) is 14.1 Å². The molecule has 5 nitrogen and oxygen atoms in total. The molecule has 11 aromatic rings. The summed E-state index contributed by atoms with van der Waals surface area (Å²) in [5, 5.41) is 7.70. The number of aromatic nitrogens is 4. The van der Waals surface area contributed by atoms with Gasteiger partial charge in [-0.15, -0.1) is 29.7 Å². The molecule has 0 saturated heterocycles. The van der Waals surface area contributed by atoms with Crippen molar-refractivity contribution in [1.29, 1.82) is 0 Å². The summed E-state index contributed by atoms with van der Waals surface area (Å²) in [7, 11) is -2.85. The van der Waals surface area contributed by atoms with Gasteiger partial charge in [-0.3, -0.25) is 4.57 Å². The van der Waals surface area contributed by atoms with Gasteiger partial charge in [0.25, 0.3) is 6.33 Å². The molecule has 8 aromatic carbocycles. The first kappa shape index (κ1) is 44.4. The van der Waals surface area contributed by atoms with Crippen LogP contribution in [0, 0.1) is 18.5 Å². The molecule has 0 fully saturated rings. The van der Waals surface area contributed by atoms with Gasteiger partial charge < -0.3 is 13.9 Å². The molecule has 340 valence electrons. The predicted octanol–water partition coefficient (Wildman–Crippen LogP) is 11.5. The second-order valence-electron chi connectivity index (χ2n) is 20.0. The second-order valence-corrected chi connectivity index (χ2v) is 23.7. The number of hydrogen-bond acceptors (Lipinski definition) is 2. The fourth-order valence-corrected chi connectivity index (χ4v) is 15.9. The molecular formula is C62H50N4OPtSi-2. The topological polar surface area (TPSA) is 35.9 Å². The molecule has 12 rings (SSSR count). The molecule has 0 N–H and O–H groups in total. The van der Waals surface area contributed by atoms with Gasteiger partial charge in [0.15, 0.2) is 8.07 Å². The van der Waals surface area contributed by atoms with Crippen molar-refractivity contribution >= 4 is 61.7 Å². The first-order valence-corrected chi connectivity index (χ1v) is 25.5. The number of imidazole rings is 1. The maximum atomic E-state index is 6.90. The zero-order valence-electron chi connectivity index (χ0n) is 39.5. The van der Waals surface area contributed by atoms with Gasteiger partial charge in [0, 0.05) is 44.3 Å². The minimum atomic E-state index is -2.85. The van der Waals surface area contributed by atoms with Crippen molar-refractivity contribution in [3.8, 4) is 39.8 Å². The van der Waals surface area contributed by atoms with E-state index in [1.165, 1.54) is 37.4 Å². The number of para-hydroxylation sites is 3. The van der Waals surface area contributed by atoms with Crippen LogP contribution in [0.4, 0.5) is 0 Å². The van der Waals surface area contributed by atoms with Crippen molar-refractivity contribution in [2.45, 2.75) is 52.4 Å². The normalized spacial score (nSPS) is 13.1. The van der Waals surface area contributed by atoms with Crippen LogP contribution in [0.15, 0.2) is 194 Å². The quantitative estimate of drug-likeness (QED) is 0.0906. The molecule has 1 aliphatic rings. The van der Waals surface area contributed by atoms with Crippen LogP contribution in [0.25, 0.3) is 61.2 Å². The SMILES string of the molecule is CC(C)(C)c1cc(Oc2[c-]c3c(cc2)c2ccccc2n3-c2cc(C(C)(C)C)ccn2)[c-]c(-n2[c-][n+](-c3cccc4c3[Si](c3ccccc3)(c3ccccc3)c3ccccc3-4)c3ccccc32)c1.[Pt]. The molecule has 0 bridgehead atoms. The molecular weight excluding hydrogens is 1040 g/mol. The van der Waals surface area contributed by atoms with Gasteiger partial charge in [-0.1, -0.05) is 187 Å². The zero-order chi connectivity index (χ0) is 46.4. The average Bonchev–Trinajstić information content (AvgIpc) is 4.01. The molecule has 0 amide bonds. The number of benzene rings is 8. The Labute approximate surface area is 419 Å². The minimum absolute atomic E-state index is 0. The van der Waals surface area contributed by atoms with E-state index in [1.54, 1.807) is 0 Å². The van der Waals surface area contributed by atoms with Crippen LogP contribution in [0.1, 0.15) is 52.7 Å². The molecule has 0 radical (unpaired) electrons. The maximum Gasteiger partial charge on any atom is 0.268 e. The first-order chi connectivity index (χ1) is 33.0. The molecule has 69 heavy (non-hydrogen) atoms. The maximum absolute atomic E-state index is 6.90. The van der Waals surface area contributed by atoms with E-state index in [9.17, 15) is 0 Å². The Morgan fingerprint density at radius 3 is 1.94 bits per heavy atom. The molecule has 0 spiro atoms. The van der Waals surface area contributed by atoms with Crippen LogP contribution < -0.4 is 30.1 Å². The van der Waals surface area contributed by atoms with E-state index in [0.717, 1.165) is 55.6 Å². The van der Waals surface area contributed by atoms with Gasteiger partial charge in [-0.05, 0) is 83.6 Å². The van der Waals surface area contributed by atoms with Crippen molar-refractivity contribution < 1.29 is 30.4 Å². The van der Waals surface area contributed by atoms with Crippen LogP contribution in [0.5, 0.6) is 11.5 Å². The number of fused-ring (bicyclic) bond motifs is 7. The Morgan fingerprint density at radius 1 is 0.551 bits per heavy atom. The molecule has 0 atom stereocenters. The van der Waals surface area contributed by atoms with E-state index in [0.29, 0.717) is 11.5 Å². The second kappa shape index (κ2) is 16.8. The van der Waals surface area contributed by atoms with E-state index in [4.69, 9.17) is 9.72 Å². The molecule has 3 aromatic heterocycles. The smallest absolute Gasteiger partial charge is 0.268 e. The van der Waals surface area contributed by atoms with Crippen LogP contribution in [-0.2, 0) is 31.9 Å². The van der Waals surface area contributed by atoms with Gasteiger partial charge in [0.2, 0.25) is 0 Å². The summed E-state index contributed by atoms with van der Waals surface area (Å²) < 4.78 is 13.6. The third kappa shape index (κ3) is 7.23. The standard InChI is InChI=1S/C62H50N4OSi.Pt/c1-61(2,3)42-34-35-63-59(38-42)66-53-27-15-13-24-49(53)50-33-32-45(40-57(50)66)67-46-37-43(62(4,5)6)36-44(39-46)64-41-65(55-29-17-16-28-54(55)64)56-30-19-26-52-51-25-14-18-31-58(51)68(60(52)56,47-20-9-7-10-21-47)48-22-11-8-12-23-48;/h7-38H,1-6H3;/q-2;. The summed E-state index contributed by atoms with van der Waals surface area (Å²) in [6.45, 7) is 13.4. The molecule has 4 heterocycles. The Balaban J connectivity index is 0.00000520. The monoisotopic (exact) mass is 1090 g/mol. The molecule has 7 heteroatoms. The fourth-order valence-electron chi connectivity index (χ4n) is 10.5. The Morgan fingerprint density at radius 2 is 1.20 bits per heavy atom. The van der Waals surface area contributed by atoms with Gasteiger partial charge in [0.05, 0.1) is 16.7 Å². The number of nitrogens with zero attached hydrogens (tertiary/aromatic N) is 4. The van der Waals surface area contributed by atoms with E-state index in [-0.39, 0.29) is 31.9 Å². The van der Waals surface area contributed by atoms with Crippen LogP contribution in [-0.4, -0.2) is 22.2 Å². The Hall–Kier alpha value is -7.11. The fraction of sp³-hybridized carbons (Fsp3) is 0.129. The largest absolute Gasteiger partial charge is 0.510 e. The molecule has 1 aliphatic heterocycles. The molecule has 0 aliphatic carbocycles.